The van der Waals surface area contributed by atoms with Crippen LogP contribution >= 0.6 is 46.4 Å². The van der Waals surface area contributed by atoms with E-state index >= 15 is 0 Å². The van der Waals surface area contributed by atoms with E-state index < -0.39 is 0 Å². The first kappa shape index (κ1) is 18.6. The molecule has 0 fully saturated rings. The van der Waals surface area contributed by atoms with Gasteiger partial charge in [0.25, 0.3) is 0 Å². The van der Waals surface area contributed by atoms with E-state index in [1.54, 1.807) is 24.3 Å². The van der Waals surface area contributed by atoms with Gasteiger partial charge in [-0.2, -0.15) is 0 Å². The summed E-state index contributed by atoms with van der Waals surface area (Å²) in [5.41, 5.74) is 2.68. The summed E-state index contributed by atoms with van der Waals surface area (Å²) in [4.78, 5) is 4.89. The van der Waals surface area contributed by atoms with E-state index in [1.165, 1.54) is 0 Å². The van der Waals surface area contributed by atoms with Crippen LogP contribution in [0.4, 0.5) is 0 Å². The van der Waals surface area contributed by atoms with Gasteiger partial charge < -0.3 is 0 Å². The summed E-state index contributed by atoms with van der Waals surface area (Å²) in [6.45, 7) is 4.11. The normalized spacial score (nSPS) is 13.2. The molecule has 0 aliphatic carbocycles. The smallest absolute Gasteiger partial charge is 0.0764 e. The van der Waals surface area contributed by atoms with Crippen LogP contribution in [0.15, 0.2) is 41.4 Å². The van der Waals surface area contributed by atoms with E-state index in [-0.39, 0.29) is 6.04 Å². The SMILES string of the molecule is CCC(=NC(CC)c1cc(Cl)ccc1Cl)c1cc(Cl)ccc1Cl. The highest BCUT2D eigenvalue weighted by molar-refractivity contribution is 6.36. The molecule has 0 aromatic heterocycles. The van der Waals surface area contributed by atoms with Crippen LogP contribution in [0, 0.1) is 0 Å². The lowest BCUT2D eigenvalue weighted by molar-refractivity contribution is 0.699. The van der Waals surface area contributed by atoms with E-state index in [2.05, 4.69) is 6.92 Å². The molecule has 5 heteroatoms. The zero-order valence-corrected chi connectivity index (χ0v) is 15.9. The van der Waals surface area contributed by atoms with Gasteiger partial charge in [0.05, 0.1) is 6.04 Å². The molecule has 1 nitrogen and oxygen atoms in total. The Hall–Kier alpha value is -0.730. The quantitative estimate of drug-likeness (QED) is 0.466. The van der Waals surface area contributed by atoms with Crippen LogP contribution in [-0.2, 0) is 0 Å². The van der Waals surface area contributed by atoms with Crippen LogP contribution in [-0.4, -0.2) is 5.71 Å². The first-order valence-corrected chi connectivity index (χ1v) is 8.94. The van der Waals surface area contributed by atoms with Gasteiger partial charge >= 0.3 is 0 Å². The number of aliphatic imine (C=N–C) groups is 1. The molecule has 0 saturated heterocycles. The minimum atomic E-state index is -0.0776. The van der Waals surface area contributed by atoms with Gasteiger partial charge in [-0.25, -0.2) is 0 Å². The van der Waals surface area contributed by atoms with Crippen LogP contribution in [0.1, 0.15) is 43.9 Å². The predicted octanol–water partition coefficient (Wildman–Crippen LogP) is 7.65. The van der Waals surface area contributed by atoms with Crippen molar-refractivity contribution in [3.8, 4) is 0 Å². The molecule has 1 atom stereocenters. The van der Waals surface area contributed by atoms with Crippen molar-refractivity contribution in [1.29, 1.82) is 0 Å². The Bertz CT molecular complexity index is 725. The van der Waals surface area contributed by atoms with Crippen molar-refractivity contribution < 1.29 is 0 Å². The molecule has 2 aromatic carbocycles. The van der Waals surface area contributed by atoms with Gasteiger partial charge in [-0.1, -0.05) is 60.3 Å². The summed E-state index contributed by atoms with van der Waals surface area (Å²) >= 11 is 24.8. The number of benzene rings is 2. The largest absolute Gasteiger partial charge is 0.281 e. The fraction of sp³-hybridized carbons (Fsp3) is 0.278. The lowest BCUT2D eigenvalue weighted by atomic mass is 10.0. The van der Waals surface area contributed by atoms with Gasteiger partial charge in [0.1, 0.15) is 0 Å². The Kier molecular flexibility index (Phi) is 6.79. The summed E-state index contributed by atoms with van der Waals surface area (Å²) in [5.74, 6) is 0. The third-order valence-corrected chi connectivity index (χ3v) is 4.73. The summed E-state index contributed by atoms with van der Waals surface area (Å²) in [6.07, 6.45) is 1.55. The molecule has 0 saturated carbocycles. The highest BCUT2D eigenvalue weighted by atomic mass is 35.5. The van der Waals surface area contributed by atoms with Crippen LogP contribution in [0.25, 0.3) is 0 Å². The molecule has 0 radical (unpaired) electrons. The second kappa shape index (κ2) is 8.39. The second-order valence-electron chi connectivity index (χ2n) is 5.14. The van der Waals surface area contributed by atoms with Gasteiger partial charge in [0.15, 0.2) is 0 Å². The molecule has 0 aliphatic rings. The third-order valence-electron chi connectivity index (χ3n) is 3.59. The Balaban J connectivity index is 2.49. The Morgan fingerprint density at radius 1 is 0.913 bits per heavy atom. The topological polar surface area (TPSA) is 12.4 Å². The standard InChI is InChI=1S/C18H17Cl4N/c1-3-17(13-9-11(19)5-7-15(13)21)23-18(4-2)14-10-12(20)6-8-16(14)22/h5-10,17H,3-4H2,1-2H3. The van der Waals surface area contributed by atoms with Crippen molar-refractivity contribution in [2.75, 3.05) is 0 Å². The van der Waals surface area contributed by atoms with E-state index in [0.29, 0.717) is 20.1 Å². The average Bonchev–Trinajstić information content (AvgIpc) is 2.54. The minimum absolute atomic E-state index is 0.0776. The van der Waals surface area contributed by atoms with Gasteiger partial charge in [-0.05, 0) is 54.8 Å². The molecule has 0 heterocycles. The Labute approximate surface area is 157 Å². The van der Waals surface area contributed by atoms with Crippen molar-refractivity contribution in [1.82, 2.24) is 0 Å². The van der Waals surface area contributed by atoms with Crippen molar-refractivity contribution in [2.45, 2.75) is 32.7 Å². The third kappa shape index (κ3) is 4.64. The van der Waals surface area contributed by atoms with E-state index in [0.717, 1.165) is 29.7 Å². The summed E-state index contributed by atoms with van der Waals surface area (Å²) in [7, 11) is 0. The maximum Gasteiger partial charge on any atom is 0.0764 e. The molecule has 0 amide bonds. The summed E-state index contributed by atoms with van der Waals surface area (Å²) < 4.78 is 0. The highest BCUT2D eigenvalue weighted by Gasteiger charge is 2.15. The van der Waals surface area contributed by atoms with Gasteiger partial charge in [-0.15, -0.1) is 0 Å². The van der Waals surface area contributed by atoms with Gasteiger partial charge in [-0.3, -0.25) is 4.99 Å². The van der Waals surface area contributed by atoms with Crippen molar-refractivity contribution in [3.05, 3.63) is 67.6 Å². The second-order valence-corrected chi connectivity index (χ2v) is 6.83. The van der Waals surface area contributed by atoms with Crippen molar-refractivity contribution in [2.24, 2.45) is 4.99 Å². The molecule has 0 bridgehead atoms. The fourth-order valence-electron chi connectivity index (χ4n) is 2.41. The molecule has 23 heavy (non-hydrogen) atoms. The molecular formula is C18H17Cl4N. The Morgan fingerprint density at radius 2 is 1.52 bits per heavy atom. The van der Waals surface area contributed by atoms with Crippen molar-refractivity contribution >= 4 is 52.1 Å². The van der Waals surface area contributed by atoms with Gasteiger partial charge in [0.2, 0.25) is 0 Å². The number of hydrogen-bond donors (Lipinski definition) is 0. The Morgan fingerprint density at radius 3 is 2.13 bits per heavy atom. The molecular weight excluding hydrogens is 372 g/mol. The molecule has 1 unspecified atom stereocenters. The van der Waals surface area contributed by atoms with Gasteiger partial charge in [0, 0.05) is 31.4 Å². The predicted molar refractivity (Wildman–Crippen MR) is 103 cm³/mol. The zero-order chi connectivity index (χ0) is 17.0. The number of halogens is 4. The summed E-state index contributed by atoms with van der Waals surface area (Å²) in [6, 6.07) is 10.8. The lowest BCUT2D eigenvalue weighted by Crippen LogP contribution is -2.05. The molecule has 2 rings (SSSR count). The molecule has 2 aromatic rings. The van der Waals surface area contributed by atoms with Crippen molar-refractivity contribution in [3.63, 3.8) is 0 Å². The van der Waals surface area contributed by atoms with E-state index in [4.69, 9.17) is 51.4 Å². The average molecular weight is 389 g/mol. The summed E-state index contributed by atoms with van der Waals surface area (Å²) in [5, 5.41) is 2.59. The number of nitrogens with zero attached hydrogens (tertiary/aromatic N) is 1. The zero-order valence-electron chi connectivity index (χ0n) is 12.9. The van der Waals surface area contributed by atoms with Crippen LogP contribution in [0.3, 0.4) is 0 Å². The number of hydrogen-bond acceptors (Lipinski definition) is 1. The maximum atomic E-state index is 6.32. The minimum Gasteiger partial charge on any atom is -0.281 e. The highest BCUT2D eigenvalue weighted by Crippen LogP contribution is 2.32. The molecule has 0 N–H and O–H groups in total. The number of rotatable bonds is 5. The monoisotopic (exact) mass is 387 g/mol. The lowest BCUT2D eigenvalue weighted by Gasteiger charge is -2.16. The molecule has 0 spiro atoms. The van der Waals surface area contributed by atoms with Crippen LogP contribution < -0.4 is 0 Å². The van der Waals surface area contributed by atoms with E-state index in [1.807, 2.05) is 19.1 Å². The molecule has 122 valence electrons. The first-order chi connectivity index (χ1) is 11.0. The van der Waals surface area contributed by atoms with E-state index in [9.17, 15) is 0 Å². The fourth-order valence-corrected chi connectivity index (χ4v) is 3.23. The first-order valence-electron chi connectivity index (χ1n) is 7.43. The van der Waals surface area contributed by atoms with Crippen LogP contribution in [0.2, 0.25) is 20.1 Å². The maximum absolute atomic E-state index is 6.32. The van der Waals surface area contributed by atoms with Crippen LogP contribution in [0.5, 0.6) is 0 Å². The molecule has 0 aliphatic heterocycles.